The van der Waals surface area contributed by atoms with Gasteiger partial charge in [-0.15, -0.1) is 0 Å². The van der Waals surface area contributed by atoms with Crippen molar-refractivity contribution in [3.63, 3.8) is 0 Å². The van der Waals surface area contributed by atoms with Crippen molar-refractivity contribution in [3.05, 3.63) is 91.3 Å². The van der Waals surface area contributed by atoms with Crippen LogP contribution in [0.2, 0.25) is 0 Å². The summed E-state index contributed by atoms with van der Waals surface area (Å²) in [5.74, 6) is 0. The van der Waals surface area contributed by atoms with Crippen LogP contribution in [0.25, 0.3) is 11.3 Å². The third kappa shape index (κ3) is 2.69. The van der Waals surface area contributed by atoms with Crippen LogP contribution >= 0.6 is 0 Å². The molecule has 1 aromatic heterocycles. The third-order valence-electron chi connectivity index (χ3n) is 7.10. The van der Waals surface area contributed by atoms with Gasteiger partial charge in [-0.25, -0.2) is 4.58 Å². The monoisotopic (exact) mass is 386 g/mol. The summed E-state index contributed by atoms with van der Waals surface area (Å²) in [7, 11) is 0. The average Bonchev–Trinajstić information content (AvgIpc) is 2.78. The van der Waals surface area contributed by atoms with Gasteiger partial charge in [-0.05, 0) is 56.2 Å². The Hall–Kier alpha value is -2.74. The molecule has 2 heteroatoms. The van der Waals surface area contributed by atoms with E-state index in [1.165, 1.54) is 22.4 Å². The highest BCUT2D eigenvalue weighted by Gasteiger charge is 2.67. The molecule has 1 aliphatic heterocycles. The van der Waals surface area contributed by atoms with Crippen LogP contribution in [0.3, 0.4) is 0 Å². The van der Waals surface area contributed by atoms with Crippen LogP contribution in [0.5, 0.6) is 0 Å². The fraction of sp³-hybridized carbons (Fsp3) is 0.333. The number of allylic oxidation sites excluding steroid dienone is 2. The number of benzene rings is 1. The number of rotatable bonds is 7. The van der Waals surface area contributed by atoms with Crippen LogP contribution in [0, 0.1) is 0 Å². The summed E-state index contributed by atoms with van der Waals surface area (Å²) < 4.78 is 4.48. The van der Waals surface area contributed by atoms with Crippen molar-refractivity contribution in [3.8, 4) is 11.3 Å². The molecule has 0 fully saturated rings. The molecule has 150 valence electrons. The summed E-state index contributed by atoms with van der Waals surface area (Å²) in [6.45, 7) is 21.7. The summed E-state index contributed by atoms with van der Waals surface area (Å²) >= 11 is 0. The second kappa shape index (κ2) is 7.94. The van der Waals surface area contributed by atoms with Gasteiger partial charge in [-0.3, -0.25) is 0 Å². The lowest BCUT2D eigenvalue weighted by Crippen LogP contribution is -2.73. The fourth-order valence-corrected chi connectivity index (χ4v) is 5.74. The maximum Gasteiger partial charge on any atom is 0.213 e. The van der Waals surface area contributed by atoms with Crippen molar-refractivity contribution in [1.29, 1.82) is 0 Å². The first-order valence-electron chi connectivity index (χ1n) is 10.6. The van der Waals surface area contributed by atoms with Crippen molar-refractivity contribution in [2.45, 2.75) is 57.5 Å². The van der Waals surface area contributed by atoms with Crippen LogP contribution in [0.15, 0.2) is 85.7 Å². The number of pyridine rings is 1. The smallest absolute Gasteiger partial charge is 0.204 e. The van der Waals surface area contributed by atoms with Crippen molar-refractivity contribution < 1.29 is 9.14 Å². The molecule has 0 spiro atoms. The average molecular weight is 387 g/mol. The Morgan fingerprint density at radius 3 is 2.38 bits per heavy atom. The van der Waals surface area contributed by atoms with Crippen molar-refractivity contribution in [1.82, 2.24) is 0 Å². The quantitative estimate of drug-likeness (QED) is 0.323. The van der Waals surface area contributed by atoms with Gasteiger partial charge in [0.05, 0.1) is 5.56 Å². The second-order valence-corrected chi connectivity index (χ2v) is 7.94. The summed E-state index contributed by atoms with van der Waals surface area (Å²) in [4.78, 5) is 0. The molecule has 0 bridgehead atoms. The second-order valence-electron chi connectivity index (χ2n) is 7.94. The molecule has 0 saturated carbocycles. The van der Waals surface area contributed by atoms with E-state index in [9.17, 15) is 0 Å². The molecule has 0 N–H and O–H groups in total. The summed E-state index contributed by atoms with van der Waals surface area (Å²) in [6.07, 6.45) is 10.3. The van der Waals surface area contributed by atoms with E-state index in [1.54, 1.807) is 0 Å². The molecule has 3 unspecified atom stereocenters. The minimum atomic E-state index is -0.305. The summed E-state index contributed by atoms with van der Waals surface area (Å²) in [6, 6.07) is 15.4. The third-order valence-corrected chi connectivity index (χ3v) is 7.10. The lowest BCUT2D eigenvalue weighted by Gasteiger charge is -2.50. The Bertz CT molecular complexity index is 982. The van der Waals surface area contributed by atoms with Crippen LogP contribution in [0.1, 0.15) is 46.1 Å². The zero-order valence-corrected chi connectivity index (χ0v) is 18.4. The molecule has 0 aliphatic carbocycles. The normalized spacial score (nSPS) is 24.2. The van der Waals surface area contributed by atoms with E-state index < -0.39 is 0 Å². The molecular weight excluding hydrogens is 352 g/mol. The molecular formula is C27H34N2+2. The van der Waals surface area contributed by atoms with Gasteiger partial charge < -0.3 is 0 Å². The maximum atomic E-state index is 4.39. The molecule has 2 nitrogen and oxygen atoms in total. The molecule has 3 atom stereocenters. The number of hydrogen-bond acceptors (Lipinski definition) is 0. The van der Waals surface area contributed by atoms with Gasteiger partial charge in [-0.2, -0.15) is 4.57 Å². The Labute approximate surface area is 176 Å². The van der Waals surface area contributed by atoms with Gasteiger partial charge >= 0.3 is 0 Å². The zero-order valence-electron chi connectivity index (χ0n) is 18.4. The fourth-order valence-electron chi connectivity index (χ4n) is 5.74. The van der Waals surface area contributed by atoms with Gasteiger partial charge in [0, 0.05) is 18.6 Å². The van der Waals surface area contributed by atoms with E-state index in [4.69, 9.17) is 0 Å². The van der Waals surface area contributed by atoms with Gasteiger partial charge in [0.25, 0.3) is 0 Å². The predicted molar refractivity (Wildman–Crippen MR) is 123 cm³/mol. The minimum absolute atomic E-state index is 0.0509. The van der Waals surface area contributed by atoms with Crippen molar-refractivity contribution in [2.24, 2.45) is 0 Å². The number of aromatic nitrogens is 1. The minimum Gasteiger partial charge on any atom is -0.204 e. The Kier molecular flexibility index (Phi) is 5.75. The van der Waals surface area contributed by atoms with Gasteiger partial charge in [-0.1, -0.05) is 44.7 Å². The molecule has 1 aliphatic rings. The van der Waals surface area contributed by atoms with Crippen LogP contribution in [0.4, 0.5) is 0 Å². The molecule has 2 heterocycles. The molecule has 0 radical (unpaired) electrons. The molecule has 2 aromatic rings. The van der Waals surface area contributed by atoms with Gasteiger partial charge in [0.1, 0.15) is 12.1 Å². The Morgan fingerprint density at radius 1 is 1.10 bits per heavy atom. The highest BCUT2D eigenvalue weighted by atomic mass is 15.1. The molecule has 0 amide bonds. The highest BCUT2D eigenvalue weighted by molar-refractivity contribution is 5.66. The van der Waals surface area contributed by atoms with Crippen LogP contribution < -0.4 is 4.57 Å². The lowest BCUT2D eigenvalue weighted by atomic mass is 9.54. The number of hydrogen-bond donors (Lipinski definition) is 0. The first-order chi connectivity index (χ1) is 14.0. The van der Waals surface area contributed by atoms with E-state index in [-0.39, 0.29) is 17.0 Å². The number of nitrogens with zero attached hydrogens (tertiary/aromatic N) is 2. The largest absolute Gasteiger partial charge is 0.213 e. The SMILES string of the molecule is C=C[N+](=C)C(C(C)=CC)C1(CC)c2ccccc2-c2cccc[n+]2C1(C=C)CC. The van der Waals surface area contributed by atoms with Gasteiger partial charge in [0.2, 0.25) is 11.2 Å². The zero-order chi connectivity index (χ0) is 21.2. The van der Waals surface area contributed by atoms with E-state index in [0.29, 0.717) is 0 Å². The van der Waals surface area contributed by atoms with E-state index in [1.807, 2.05) is 10.8 Å². The highest BCUT2D eigenvalue weighted by Crippen LogP contribution is 2.54. The standard InChI is InChI=1S/C27H34N2/c1-8-21(6)25(28(7)12-5)27(11-4)23-18-14-13-17-22(23)24-19-15-16-20-29(24)26(27,9-2)10-3/h8-9,12-20,25H,2,5,7,10-11H2,1,3-4,6H3/q+2. The molecule has 0 saturated heterocycles. The topological polar surface area (TPSA) is 6.89 Å². The molecule has 29 heavy (non-hydrogen) atoms. The summed E-state index contributed by atoms with van der Waals surface area (Å²) in [5.41, 5.74) is 4.60. The lowest BCUT2D eigenvalue weighted by molar-refractivity contribution is -0.762. The van der Waals surface area contributed by atoms with E-state index in [2.05, 4.69) is 113 Å². The number of fused-ring (bicyclic) bond motifs is 3. The maximum absolute atomic E-state index is 4.39. The van der Waals surface area contributed by atoms with Crippen LogP contribution in [-0.2, 0) is 11.0 Å². The van der Waals surface area contributed by atoms with Crippen LogP contribution in [-0.4, -0.2) is 17.3 Å². The predicted octanol–water partition coefficient (Wildman–Crippen LogP) is 5.79. The Morgan fingerprint density at radius 2 is 1.79 bits per heavy atom. The molecule has 1 aromatic carbocycles. The van der Waals surface area contributed by atoms with Crippen molar-refractivity contribution in [2.75, 3.05) is 0 Å². The Balaban J connectivity index is 2.57. The van der Waals surface area contributed by atoms with Crippen molar-refractivity contribution >= 4 is 6.72 Å². The summed E-state index contributed by atoms with van der Waals surface area (Å²) in [5, 5.41) is 0. The first kappa shape index (κ1) is 21.0. The van der Waals surface area contributed by atoms with Gasteiger partial charge in [0.15, 0.2) is 18.4 Å². The van der Waals surface area contributed by atoms with E-state index >= 15 is 0 Å². The van der Waals surface area contributed by atoms with E-state index in [0.717, 1.165) is 12.8 Å². The first-order valence-corrected chi connectivity index (χ1v) is 10.6. The molecule has 3 rings (SSSR count).